The first-order valence-corrected chi connectivity index (χ1v) is 11.2. The Morgan fingerprint density at radius 1 is 1.17 bits per heavy atom. The Balaban J connectivity index is 2.93. The highest BCUT2D eigenvalue weighted by Gasteiger charge is 2.48. The second-order valence-electron chi connectivity index (χ2n) is 8.98. The quantitative estimate of drug-likeness (QED) is 0.574. The molecular weight excluding hydrogens is 310 g/mol. The third-order valence-electron chi connectivity index (χ3n) is 4.82. The number of nitrogens with zero attached hydrogens (tertiary/aromatic N) is 1. The largest absolute Gasteiger partial charge is 0.444 e. The number of hydrogen-bond acceptors (Lipinski definition) is 4. The van der Waals surface area contributed by atoms with Gasteiger partial charge in [-0.05, 0) is 45.8 Å². The number of amides is 1. The molecule has 1 heterocycles. The van der Waals surface area contributed by atoms with E-state index in [1.165, 1.54) is 4.90 Å². The molecule has 0 spiro atoms. The smallest absolute Gasteiger partial charge is 0.411 e. The van der Waals surface area contributed by atoms with Crippen LogP contribution in [0.4, 0.5) is 4.79 Å². The van der Waals surface area contributed by atoms with Gasteiger partial charge in [0.25, 0.3) is 0 Å². The highest BCUT2D eigenvalue weighted by molar-refractivity contribution is 6.74. The van der Waals surface area contributed by atoms with Gasteiger partial charge >= 0.3 is 6.09 Å². The summed E-state index contributed by atoms with van der Waals surface area (Å²) in [4.78, 5) is 25.4. The molecule has 0 aromatic rings. The van der Waals surface area contributed by atoms with Crippen LogP contribution < -0.4 is 0 Å². The van der Waals surface area contributed by atoms with E-state index in [1.807, 2.05) is 27.7 Å². The van der Waals surface area contributed by atoms with E-state index >= 15 is 0 Å². The second kappa shape index (κ2) is 6.55. The second-order valence-corrected chi connectivity index (χ2v) is 13.7. The molecule has 1 fully saturated rings. The van der Waals surface area contributed by atoms with E-state index in [2.05, 4.69) is 33.9 Å². The molecule has 1 aliphatic rings. The van der Waals surface area contributed by atoms with E-state index in [4.69, 9.17) is 9.16 Å². The molecule has 0 radical (unpaired) electrons. The van der Waals surface area contributed by atoms with Gasteiger partial charge in [0.15, 0.2) is 8.32 Å². The topological polar surface area (TPSA) is 55.8 Å². The molecule has 0 aromatic heterocycles. The average Bonchev–Trinajstić information content (AvgIpc) is 2.62. The standard InChI is InChI=1S/C17H33NO4Si/c1-12-14(22-23(8,9)17(5,6)7)10-13(11-19)18(12)15(20)21-16(2,3)4/h11-14H,10H2,1-9H3/t12-,13+,14-/m1/s1. The molecule has 6 heteroatoms. The number of aldehydes is 1. The van der Waals surface area contributed by atoms with Gasteiger partial charge in [-0.3, -0.25) is 4.90 Å². The van der Waals surface area contributed by atoms with E-state index < -0.39 is 26.1 Å². The summed E-state index contributed by atoms with van der Waals surface area (Å²) in [6.45, 7) is 18.3. The predicted octanol–water partition coefficient (Wildman–Crippen LogP) is 3.97. The van der Waals surface area contributed by atoms with E-state index in [1.54, 1.807) is 0 Å². The fraction of sp³-hybridized carbons (Fsp3) is 0.882. The molecule has 0 aliphatic carbocycles. The fourth-order valence-electron chi connectivity index (χ4n) is 2.47. The van der Waals surface area contributed by atoms with Crippen LogP contribution >= 0.6 is 0 Å². The Kier molecular flexibility index (Phi) is 5.74. The van der Waals surface area contributed by atoms with Crippen molar-refractivity contribution in [2.75, 3.05) is 0 Å². The van der Waals surface area contributed by atoms with Crippen molar-refractivity contribution in [1.82, 2.24) is 4.90 Å². The zero-order valence-corrected chi connectivity index (χ0v) is 17.1. The van der Waals surface area contributed by atoms with Gasteiger partial charge in [-0.25, -0.2) is 4.79 Å². The van der Waals surface area contributed by atoms with Gasteiger partial charge in [0, 0.05) is 6.42 Å². The molecule has 134 valence electrons. The van der Waals surface area contributed by atoms with Gasteiger partial charge in [0.2, 0.25) is 0 Å². The number of carbonyl (C=O) groups excluding carboxylic acids is 2. The molecule has 5 nitrogen and oxygen atoms in total. The number of hydrogen-bond donors (Lipinski definition) is 0. The molecule has 0 N–H and O–H groups in total. The maximum absolute atomic E-state index is 12.4. The van der Waals surface area contributed by atoms with Gasteiger partial charge in [-0.2, -0.15) is 0 Å². The third-order valence-corrected chi connectivity index (χ3v) is 9.33. The van der Waals surface area contributed by atoms with E-state index in [0.717, 1.165) is 6.29 Å². The SMILES string of the molecule is C[C@@H]1[C@H](O[Si](C)(C)C(C)(C)C)C[C@@H](C=O)N1C(=O)OC(C)(C)C. The Bertz CT molecular complexity index is 450. The monoisotopic (exact) mass is 343 g/mol. The van der Waals surface area contributed by atoms with Crippen molar-refractivity contribution in [2.45, 2.75) is 96.8 Å². The summed E-state index contributed by atoms with van der Waals surface area (Å²) in [7, 11) is -1.96. The summed E-state index contributed by atoms with van der Waals surface area (Å²) in [6.07, 6.45) is 0.799. The number of carbonyl (C=O) groups is 2. The van der Waals surface area contributed by atoms with Gasteiger partial charge < -0.3 is 14.0 Å². The van der Waals surface area contributed by atoms with Gasteiger partial charge in [0.1, 0.15) is 11.9 Å². The molecule has 3 atom stereocenters. The van der Waals surface area contributed by atoms with Gasteiger partial charge in [-0.1, -0.05) is 20.8 Å². The molecule has 1 amide bonds. The number of likely N-dealkylation sites (tertiary alicyclic amines) is 1. The first-order chi connectivity index (χ1) is 10.2. The predicted molar refractivity (Wildman–Crippen MR) is 94.1 cm³/mol. The molecule has 0 unspecified atom stereocenters. The first-order valence-electron chi connectivity index (χ1n) is 8.34. The van der Waals surface area contributed by atoms with Crippen molar-refractivity contribution in [3.63, 3.8) is 0 Å². The van der Waals surface area contributed by atoms with Crippen molar-refractivity contribution >= 4 is 20.7 Å². The fourth-order valence-corrected chi connectivity index (χ4v) is 3.87. The minimum atomic E-state index is -1.96. The molecule has 0 saturated carbocycles. The maximum Gasteiger partial charge on any atom is 0.411 e. The summed E-state index contributed by atoms with van der Waals surface area (Å²) in [5.41, 5.74) is -0.581. The maximum atomic E-state index is 12.4. The highest BCUT2D eigenvalue weighted by atomic mass is 28.4. The third kappa shape index (κ3) is 4.80. The molecule has 1 rings (SSSR count). The number of rotatable bonds is 3. The lowest BCUT2D eigenvalue weighted by molar-refractivity contribution is -0.112. The Labute approximate surface area is 141 Å². The molecule has 1 saturated heterocycles. The van der Waals surface area contributed by atoms with Crippen molar-refractivity contribution in [3.8, 4) is 0 Å². The van der Waals surface area contributed by atoms with Crippen LogP contribution in [0.25, 0.3) is 0 Å². The lowest BCUT2D eigenvalue weighted by Crippen LogP contribution is -2.49. The zero-order valence-electron chi connectivity index (χ0n) is 16.1. The molecule has 0 bridgehead atoms. The molecule has 23 heavy (non-hydrogen) atoms. The Morgan fingerprint density at radius 2 is 1.70 bits per heavy atom. The summed E-state index contributed by atoms with van der Waals surface area (Å²) in [5.74, 6) is 0. The molecular formula is C17H33NO4Si. The van der Waals surface area contributed by atoms with Crippen LogP contribution in [0.5, 0.6) is 0 Å². The summed E-state index contributed by atoms with van der Waals surface area (Å²) in [5, 5.41) is 0.0860. The van der Waals surface area contributed by atoms with Gasteiger partial charge in [-0.15, -0.1) is 0 Å². The van der Waals surface area contributed by atoms with Gasteiger partial charge in [0.05, 0.1) is 18.2 Å². The van der Waals surface area contributed by atoms with Crippen LogP contribution in [-0.4, -0.2) is 49.4 Å². The summed E-state index contributed by atoms with van der Waals surface area (Å²) < 4.78 is 11.9. The lowest BCUT2D eigenvalue weighted by atomic mass is 10.2. The first kappa shape index (κ1) is 20.2. The van der Waals surface area contributed by atoms with E-state index in [-0.39, 0.29) is 17.2 Å². The average molecular weight is 344 g/mol. The number of ether oxygens (including phenoxy) is 1. The van der Waals surface area contributed by atoms with Crippen LogP contribution in [-0.2, 0) is 14.0 Å². The van der Waals surface area contributed by atoms with Crippen molar-refractivity contribution in [2.24, 2.45) is 0 Å². The van der Waals surface area contributed by atoms with Crippen molar-refractivity contribution in [1.29, 1.82) is 0 Å². The minimum absolute atomic E-state index is 0.0860. The van der Waals surface area contributed by atoms with Crippen molar-refractivity contribution < 1.29 is 18.8 Å². The molecule has 1 aliphatic heterocycles. The van der Waals surface area contributed by atoms with Crippen LogP contribution in [0, 0.1) is 0 Å². The Morgan fingerprint density at radius 3 is 2.09 bits per heavy atom. The summed E-state index contributed by atoms with van der Waals surface area (Å²) >= 11 is 0. The molecule has 0 aromatic carbocycles. The van der Waals surface area contributed by atoms with Crippen LogP contribution in [0.3, 0.4) is 0 Å². The van der Waals surface area contributed by atoms with Crippen LogP contribution in [0.2, 0.25) is 18.1 Å². The lowest BCUT2D eigenvalue weighted by Gasteiger charge is -2.39. The normalized spacial score (nSPS) is 26.3. The Hall–Kier alpha value is -0.883. The zero-order chi connectivity index (χ0) is 18.2. The minimum Gasteiger partial charge on any atom is -0.444 e. The van der Waals surface area contributed by atoms with E-state index in [9.17, 15) is 9.59 Å². The van der Waals surface area contributed by atoms with Crippen molar-refractivity contribution in [3.05, 3.63) is 0 Å². The summed E-state index contributed by atoms with van der Waals surface area (Å²) in [6, 6.07) is -0.649. The van der Waals surface area contributed by atoms with E-state index in [0.29, 0.717) is 6.42 Å². The van der Waals surface area contributed by atoms with Crippen LogP contribution in [0.15, 0.2) is 0 Å². The highest BCUT2D eigenvalue weighted by Crippen LogP contribution is 2.40. The van der Waals surface area contributed by atoms with Crippen LogP contribution in [0.1, 0.15) is 54.9 Å².